The molecular weight excluding hydrogens is 274 g/mol. The average molecular weight is 299 g/mol. The summed E-state index contributed by atoms with van der Waals surface area (Å²) in [5, 5.41) is 0. The van der Waals surface area contributed by atoms with Crippen molar-refractivity contribution in [3.8, 4) is 11.3 Å². The highest BCUT2D eigenvalue weighted by Gasteiger charge is 2.33. The molecule has 0 aliphatic carbocycles. The molecular formula is C18H25N3O. The lowest BCUT2D eigenvalue weighted by atomic mass is 9.80. The number of benzene rings is 1. The zero-order valence-corrected chi connectivity index (χ0v) is 13.7. The molecule has 0 saturated carbocycles. The SMILES string of the molecule is Cc1ccc(-c2cnc(CN3CCC(N)C(C)(C)C3)o2)cc1. The molecule has 3 rings (SSSR count). The van der Waals surface area contributed by atoms with Crippen molar-refractivity contribution in [1.82, 2.24) is 9.88 Å². The Labute approximate surface area is 132 Å². The molecule has 2 aromatic rings. The minimum absolute atomic E-state index is 0.143. The fourth-order valence-electron chi connectivity index (χ4n) is 3.05. The monoisotopic (exact) mass is 299 g/mol. The van der Waals surface area contributed by atoms with E-state index in [1.807, 2.05) is 6.20 Å². The maximum Gasteiger partial charge on any atom is 0.209 e. The third-order valence-corrected chi connectivity index (χ3v) is 4.64. The summed E-state index contributed by atoms with van der Waals surface area (Å²) in [4.78, 5) is 6.82. The number of likely N-dealkylation sites (tertiary alicyclic amines) is 1. The predicted octanol–water partition coefficient (Wildman–Crippen LogP) is 3.21. The van der Waals surface area contributed by atoms with Crippen LogP contribution in [0.5, 0.6) is 0 Å². The lowest BCUT2D eigenvalue weighted by molar-refractivity contribution is 0.0832. The summed E-state index contributed by atoms with van der Waals surface area (Å²) >= 11 is 0. The number of rotatable bonds is 3. The van der Waals surface area contributed by atoms with E-state index in [1.165, 1.54) is 5.56 Å². The maximum absolute atomic E-state index is 6.19. The Hall–Kier alpha value is -1.65. The van der Waals surface area contributed by atoms with Crippen LogP contribution in [-0.4, -0.2) is 29.0 Å². The molecule has 22 heavy (non-hydrogen) atoms. The van der Waals surface area contributed by atoms with Crippen molar-refractivity contribution in [2.75, 3.05) is 13.1 Å². The predicted molar refractivity (Wildman–Crippen MR) is 88.3 cm³/mol. The van der Waals surface area contributed by atoms with E-state index in [-0.39, 0.29) is 11.5 Å². The molecule has 4 heteroatoms. The minimum Gasteiger partial charge on any atom is -0.439 e. The number of hydrogen-bond acceptors (Lipinski definition) is 4. The lowest BCUT2D eigenvalue weighted by Gasteiger charge is -2.42. The van der Waals surface area contributed by atoms with Crippen molar-refractivity contribution in [3.63, 3.8) is 0 Å². The van der Waals surface area contributed by atoms with Gasteiger partial charge in [-0.05, 0) is 18.8 Å². The largest absolute Gasteiger partial charge is 0.439 e. The maximum atomic E-state index is 6.19. The van der Waals surface area contributed by atoms with Crippen LogP contribution in [-0.2, 0) is 6.54 Å². The van der Waals surface area contributed by atoms with Crippen LogP contribution in [0.2, 0.25) is 0 Å². The van der Waals surface area contributed by atoms with Gasteiger partial charge in [-0.25, -0.2) is 4.98 Å². The highest BCUT2D eigenvalue weighted by molar-refractivity contribution is 5.56. The standard InChI is InChI=1S/C18H25N3O/c1-13-4-6-14(7-5-13)15-10-20-17(22-15)11-21-9-8-16(19)18(2,3)12-21/h4-7,10,16H,8-9,11-12,19H2,1-3H3. The highest BCUT2D eigenvalue weighted by atomic mass is 16.4. The zero-order chi connectivity index (χ0) is 15.7. The van der Waals surface area contributed by atoms with Crippen LogP contribution in [0.3, 0.4) is 0 Å². The first-order valence-electron chi connectivity index (χ1n) is 7.94. The molecule has 1 fully saturated rings. The molecule has 1 aromatic carbocycles. The van der Waals surface area contributed by atoms with Gasteiger partial charge in [-0.15, -0.1) is 0 Å². The van der Waals surface area contributed by atoms with E-state index in [0.717, 1.165) is 43.3 Å². The molecule has 1 atom stereocenters. The quantitative estimate of drug-likeness (QED) is 0.945. The van der Waals surface area contributed by atoms with Crippen molar-refractivity contribution in [2.24, 2.45) is 11.1 Å². The molecule has 2 N–H and O–H groups in total. The Kier molecular flexibility index (Phi) is 4.06. The number of aromatic nitrogens is 1. The number of hydrogen-bond donors (Lipinski definition) is 1. The van der Waals surface area contributed by atoms with Gasteiger partial charge in [0.2, 0.25) is 5.89 Å². The van der Waals surface area contributed by atoms with Crippen molar-refractivity contribution in [2.45, 2.75) is 39.8 Å². The van der Waals surface area contributed by atoms with Crippen LogP contribution < -0.4 is 5.73 Å². The first-order valence-corrected chi connectivity index (χ1v) is 7.94. The van der Waals surface area contributed by atoms with Gasteiger partial charge in [0.25, 0.3) is 0 Å². The van der Waals surface area contributed by atoms with Crippen LogP contribution >= 0.6 is 0 Å². The zero-order valence-electron chi connectivity index (χ0n) is 13.7. The molecule has 1 aliphatic rings. The molecule has 1 unspecified atom stereocenters. The number of nitrogens with zero attached hydrogens (tertiary/aromatic N) is 2. The summed E-state index contributed by atoms with van der Waals surface area (Å²) in [6.07, 6.45) is 2.85. The number of nitrogens with two attached hydrogens (primary N) is 1. The molecule has 4 nitrogen and oxygen atoms in total. The molecule has 1 aliphatic heterocycles. The highest BCUT2D eigenvalue weighted by Crippen LogP contribution is 2.29. The summed E-state index contributed by atoms with van der Waals surface area (Å²) in [6, 6.07) is 8.60. The third kappa shape index (κ3) is 3.23. The van der Waals surface area contributed by atoms with Gasteiger partial charge in [0, 0.05) is 24.7 Å². The molecule has 0 bridgehead atoms. The van der Waals surface area contributed by atoms with E-state index in [4.69, 9.17) is 10.2 Å². The van der Waals surface area contributed by atoms with E-state index >= 15 is 0 Å². The summed E-state index contributed by atoms with van der Waals surface area (Å²) < 4.78 is 5.92. The summed E-state index contributed by atoms with van der Waals surface area (Å²) in [6.45, 7) is 9.29. The van der Waals surface area contributed by atoms with Gasteiger partial charge in [0.05, 0.1) is 12.7 Å². The van der Waals surface area contributed by atoms with E-state index in [2.05, 4.69) is 54.9 Å². The average Bonchev–Trinajstić information content (AvgIpc) is 2.92. The summed E-state index contributed by atoms with van der Waals surface area (Å²) in [7, 11) is 0. The molecule has 0 amide bonds. The van der Waals surface area contributed by atoms with Gasteiger partial charge < -0.3 is 10.2 Å². The van der Waals surface area contributed by atoms with E-state index < -0.39 is 0 Å². The van der Waals surface area contributed by atoms with Crippen LogP contribution in [0, 0.1) is 12.3 Å². The molecule has 118 valence electrons. The van der Waals surface area contributed by atoms with Crippen molar-refractivity contribution >= 4 is 0 Å². The van der Waals surface area contributed by atoms with Gasteiger partial charge in [0.15, 0.2) is 5.76 Å². The van der Waals surface area contributed by atoms with Gasteiger partial charge in [-0.3, -0.25) is 4.90 Å². The summed E-state index contributed by atoms with van der Waals surface area (Å²) in [5.41, 5.74) is 8.66. The van der Waals surface area contributed by atoms with Crippen LogP contribution in [0.4, 0.5) is 0 Å². The summed E-state index contributed by atoms with van der Waals surface area (Å²) in [5.74, 6) is 1.62. The molecule has 0 spiro atoms. The van der Waals surface area contributed by atoms with Gasteiger partial charge >= 0.3 is 0 Å². The second-order valence-electron chi connectivity index (χ2n) is 7.08. The number of oxazole rings is 1. The Bertz CT molecular complexity index is 630. The van der Waals surface area contributed by atoms with Crippen molar-refractivity contribution in [1.29, 1.82) is 0 Å². The Balaban J connectivity index is 1.68. The molecule has 2 heterocycles. The van der Waals surface area contributed by atoms with Crippen LogP contribution in [0.1, 0.15) is 31.7 Å². The number of aryl methyl sites for hydroxylation is 1. The first kappa shape index (κ1) is 15.3. The Morgan fingerprint density at radius 3 is 2.73 bits per heavy atom. The van der Waals surface area contributed by atoms with Crippen LogP contribution in [0.25, 0.3) is 11.3 Å². The Morgan fingerprint density at radius 2 is 2.05 bits per heavy atom. The van der Waals surface area contributed by atoms with E-state index in [0.29, 0.717) is 0 Å². The topological polar surface area (TPSA) is 55.3 Å². The van der Waals surface area contributed by atoms with Gasteiger partial charge in [0.1, 0.15) is 0 Å². The second-order valence-corrected chi connectivity index (χ2v) is 7.08. The van der Waals surface area contributed by atoms with E-state index in [1.54, 1.807) is 0 Å². The van der Waals surface area contributed by atoms with Crippen molar-refractivity contribution in [3.05, 3.63) is 41.9 Å². The molecule has 1 saturated heterocycles. The third-order valence-electron chi connectivity index (χ3n) is 4.64. The van der Waals surface area contributed by atoms with Crippen LogP contribution in [0.15, 0.2) is 34.9 Å². The van der Waals surface area contributed by atoms with E-state index in [9.17, 15) is 0 Å². The Morgan fingerprint density at radius 1 is 1.32 bits per heavy atom. The minimum atomic E-state index is 0.143. The smallest absolute Gasteiger partial charge is 0.209 e. The second kappa shape index (κ2) is 5.86. The molecule has 0 radical (unpaired) electrons. The first-order chi connectivity index (χ1) is 10.4. The van der Waals surface area contributed by atoms with Gasteiger partial charge in [-0.1, -0.05) is 43.7 Å². The van der Waals surface area contributed by atoms with Gasteiger partial charge in [-0.2, -0.15) is 0 Å². The molecule has 1 aromatic heterocycles. The normalized spacial score (nSPS) is 21.9. The fraction of sp³-hybridized carbons (Fsp3) is 0.500. The fourth-order valence-corrected chi connectivity index (χ4v) is 3.05. The van der Waals surface area contributed by atoms with Crippen molar-refractivity contribution < 1.29 is 4.42 Å². The number of piperidine rings is 1. The lowest BCUT2D eigenvalue weighted by Crippen LogP contribution is -2.52.